The van der Waals surface area contributed by atoms with Crippen molar-refractivity contribution in [1.82, 2.24) is 5.32 Å². The molecule has 17 heavy (non-hydrogen) atoms. The third-order valence-electron chi connectivity index (χ3n) is 2.16. The van der Waals surface area contributed by atoms with Gasteiger partial charge in [0.2, 0.25) is 5.91 Å². The molecule has 6 heteroatoms. The van der Waals surface area contributed by atoms with Crippen LogP contribution in [0.3, 0.4) is 0 Å². The molecule has 0 radical (unpaired) electrons. The first-order chi connectivity index (χ1) is 7.84. The van der Waals surface area contributed by atoms with Gasteiger partial charge in [0.25, 0.3) is 0 Å². The normalized spacial score (nSPS) is 13.2. The molecule has 1 aromatic carbocycles. The number of rotatable bonds is 3. The van der Waals surface area contributed by atoms with E-state index in [1.807, 2.05) is 5.32 Å². The van der Waals surface area contributed by atoms with E-state index in [1.165, 1.54) is 31.2 Å². The minimum atomic E-state index is -4.53. The number of nitrogens with one attached hydrogen (secondary N) is 1. The van der Waals surface area contributed by atoms with E-state index < -0.39 is 18.1 Å². The van der Waals surface area contributed by atoms with E-state index in [2.05, 4.69) is 0 Å². The molecule has 1 aromatic rings. The highest BCUT2D eigenvalue weighted by Crippen LogP contribution is 2.33. The lowest BCUT2D eigenvalue weighted by Crippen LogP contribution is -2.37. The van der Waals surface area contributed by atoms with Gasteiger partial charge in [-0.1, -0.05) is 30.7 Å². The Bertz CT molecular complexity index is 389. The van der Waals surface area contributed by atoms with Crippen molar-refractivity contribution in [2.45, 2.75) is 25.6 Å². The summed E-state index contributed by atoms with van der Waals surface area (Å²) in [6, 6.07) is 3.21. The van der Waals surface area contributed by atoms with Gasteiger partial charge in [-0.25, -0.2) is 0 Å². The Kier molecular flexibility index (Phi) is 4.40. The summed E-state index contributed by atoms with van der Waals surface area (Å²) in [5, 5.41) is 2.28. The lowest BCUT2D eigenvalue weighted by atomic mass is 10.1. The second-order valence-corrected chi connectivity index (χ2v) is 3.88. The number of halogens is 4. The molecule has 0 saturated heterocycles. The molecule has 0 fully saturated rings. The number of hydrogen-bond donors (Lipinski definition) is 1. The van der Waals surface area contributed by atoms with Crippen molar-refractivity contribution in [3.05, 3.63) is 34.9 Å². The van der Waals surface area contributed by atoms with E-state index in [0.717, 1.165) is 0 Å². The number of alkyl halides is 3. The van der Waals surface area contributed by atoms with Gasteiger partial charge >= 0.3 is 6.18 Å². The number of amides is 1. The average molecular weight is 266 g/mol. The summed E-state index contributed by atoms with van der Waals surface area (Å²) >= 11 is 5.60. The minimum absolute atomic E-state index is 0.000168. The van der Waals surface area contributed by atoms with Crippen LogP contribution in [-0.2, 0) is 4.79 Å². The molecule has 0 aliphatic heterocycles. The summed E-state index contributed by atoms with van der Waals surface area (Å²) in [5.41, 5.74) is -0.0382. The number of carbonyl (C=O) groups is 1. The van der Waals surface area contributed by atoms with Gasteiger partial charge in [-0.15, -0.1) is 0 Å². The quantitative estimate of drug-likeness (QED) is 0.891. The molecule has 0 bridgehead atoms. The molecule has 1 N–H and O–H groups in total. The summed E-state index contributed by atoms with van der Waals surface area (Å²) < 4.78 is 38.3. The van der Waals surface area contributed by atoms with E-state index in [0.29, 0.717) is 5.02 Å². The van der Waals surface area contributed by atoms with Crippen molar-refractivity contribution >= 4 is 17.5 Å². The molecule has 1 unspecified atom stereocenters. The van der Waals surface area contributed by atoms with E-state index in [4.69, 9.17) is 11.6 Å². The first kappa shape index (κ1) is 13.8. The van der Waals surface area contributed by atoms with Crippen LogP contribution >= 0.6 is 11.6 Å². The second kappa shape index (κ2) is 5.40. The fourth-order valence-electron chi connectivity index (χ4n) is 1.27. The van der Waals surface area contributed by atoms with Crippen LogP contribution < -0.4 is 5.32 Å². The Morgan fingerprint density at radius 1 is 1.35 bits per heavy atom. The highest BCUT2D eigenvalue weighted by Gasteiger charge is 2.41. The van der Waals surface area contributed by atoms with Gasteiger partial charge in [0.1, 0.15) is 0 Å². The zero-order valence-electron chi connectivity index (χ0n) is 9.01. The Morgan fingerprint density at radius 3 is 2.29 bits per heavy atom. The molecule has 1 amide bonds. The molecule has 0 aliphatic carbocycles. The first-order valence-corrected chi connectivity index (χ1v) is 5.34. The molecular weight excluding hydrogens is 255 g/mol. The molecule has 0 saturated carbocycles. The van der Waals surface area contributed by atoms with Gasteiger partial charge in [0.15, 0.2) is 6.04 Å². The van der Waals surface area contributed by atoms with Crippen LogP contribution in [0.15, 0.2) is 24.3 Å². The van der Waals surface area contributed by atoms with Crippen molar-refractivity contribution in [1.29, 1.82) is 0 Å². The standard InChI is InChI=1S/C11H11ClF3NO/c1-2-9(17)16-10(11(13,14)15)7-3-5-8(12)6-4-7/h3-6,10H,2H2,1H3,(H,16,17). The van der Waals surface area contributed by atoms with Crippen LogP contribution in [0.25, 0.3) is 0 Å². The molecule has 0 aromatic heterocycles. The third-order valence-corrected chi connectivity index (χ3v) is 2.41. The van der Waals surface area contributed by atoms with Crippen LogP contribution in [0.5, 0.6) is 0 Å². The van der Waals surface area contributed by atoms with Crippen LogP contribution in [0, 0.1) is 0 Å². The Morgan fingerprint density at radius 2 is 1.88 bits per heavy atom. The van der Waals surface area contributed by atoms with Crippen molar-refractivity contribution in [3.8, 4) is 0 Å². The summed E-state index contributed by atoms with van der Waals surface area (Å²) in [7, 11) is 0. The molecule has 1 rings (SSSR count). The topological polar surface area (TPSA) is 29.1 Å². The Hall–Kier alpha value is -1.23. The Balaban J connectivity index is 2.98. The predicted molar refractivity (Wildman–Crippen MR) is 58.7 cm³/mol. The molecule has 0 heterocycles. The fraction of sp³-hybridized carbons (Fsp3) is 0.364. The van der Waals surface area contributed by atoms with Crippen molar-refractivity contribution in [3.63, 3.8) is 0 Å². The van der Waals surface area contributed by atoms with Crippen LogP contribution in [-0.4, -0.2) is 12.1 Å². The zero-order chi connectivity index (χ0) is 13.1. The number of carbonyl (C=O) groups excluding carboxylic acids is 1. The van der Waals surface area contributed by atoms with Gasteiger partial charge in [-0.2, -0.15) is 13.2 Å². The largest absolute Gasteiger partial charge is 0.412 e. The van der Waals surface area contributed by atoms with Gasteiger partial charge in [0.05, 0.1) is 0 Å². The SMILES string of the molecule is CCC(=O)NC(c1ccc(Cl)cc1)C(F)(F)F. The zero-order valence-corrected chi connectivity index (χ0v) is 9.77. The summed E-state index contributed by atoms with van der Waals surface area (Å²) in [6.07, 6.45) is -4.53. The van der Waals surface area contributed by atoms with E-state index in [-0.39, 0.29) is 12.0 Å². The molecule has 1 atom stereocenters. The minimum Gasteiger partial charge on any atom is -0.341 e. The number of hydrogen-bond acceptors (Lipinski definition) is 1. The highest BCUT2D eigenvalue weighted by atomic mass is 35.5. The van der Waals surface area contributed by atoms with E-state index >= 15 is 0 Å². The third kappa shape index (κ3) is 3.93. The van der Waals surface area contributed by atoms with Gasteiger partial charge in [-0.05, 0) is 17.7 Å². The molecule has 94 valence electrons. The highest BCUT2D eigenvalue weighted by molar-refractivity contribution is 6.30. The van der Waals surface area contributed by atoms with Crippen LogP contribution in [0.2, 0.25) is 5.02 Å². The maximum Gasteiger partial charge on any atom is 0.412 e. The first-order valence-electron chi connectivity index (χ1n) is 4.96. The molecule has 0 aliphatic rings. The van der Waals surface area contributed by atoms with Crippen molar-refractivity contribution < 1.29 is 18.0 Å². The lowest BCUT2D eigenvalue weighted by Gasteiger charge is -2.21. The molecule has 2 nitrogen and oxygen atoms in total. The van der Waals surface area contributed by atoms with E-state index in [1.54, 1.807) is 0 Å². The smallest absolute Gasteiger partial charge is 0.341 e. The van der Waals surface area contributed by atoms with Crippen molar-refractivity contribution in [2.24, 2.45) is 0 Å². The van der Waals surface area contributed by atoms with Crippen LogP contribution in [0.1, 0.15) is 24.9 Å². The monoisotopic (exact) mass is 265 g/mol. The number of benzene rings is 1. The maximum atomic E-state index is 12.8. The summed E-state index contributed by atoms with van der Waals surface area (Å²) in [4.78, 5) is 11.1. The average Bonchev–Trinajstić information content (AvgIpc) is 2.25. The summed E-state index contributed by atoms with van der Waals surface area (Å²) in [5.74, 6) is -0.651. The van der Waals surface area contributed by atoms with E-state index in [9.17, 15) is 18.0 Å². The van der Waals surface area contributed by atoms with Gasteiger partial charge in [0, 0.05) is 11.4 Å². The fourth-order valence-corrected chi connectivity index (χ4v) is 1.40. The molecule has 0 spiro atoms. The van der Waals surface area contributed by atoms with Crippen molar-refractivity contribution in [2.75, 3.05) is 0 Å². The van der Waals surface area contributed by atoms with Gasteiger partial charge < -0.3 is 5.32 Å². The summed E-state index contributed by atoms with van der Waals surface area (Å²) in [6.45, 7) is 1.49. The predicted octanol–water partition coefficient (Wildman–Crippen LogP) is 3.47. The van der Waals surface area contributed by atoms with Gasteiger partial charge in [-0.3, -0.25) is 4.79 Å². The lowest BCUT2D eigenvalue weighted by molar-refractivity contribution is -0.163. The maximum absolute atomic E-state index is 12.8. The van der Waals surface area contributed by atoms with Crippen LogP contribution in [0.4, 0.5) is 13.2 Å². The second-order valence-electron chi connectivity index (χ2n) is 3.45. The Labute approximate surface area is 102 Å². The molecular formula is C11H11ClF3NO.